The second kappa shape index (κ2) is 6.14. The van der Waals surface area contributed by atoms with Gasteiger partial charge in [0.05, 0.1) is 14.6 Å². The lowest BCUT2D eigenvalue weighted by molar-refractivity contribution is -0.198. The van der Waals surface area contributed by atoms with E-state index in [2.05, 4.69) is 6.58 Å². The van der Waals surface area contributed by atoms with Crippen molar-refractivity contribution in [2.75, 3.05) is 7.11 Å². The molecule has 1 saturated carbocycles. The van der Waals surface area contributed by atoms with Crippen LogP contribution in [0.2, 0.25) is 0 Å². The molecule has 0 radical (unpaired) electrons. The molecule has 4 nitrogen and oxygen atoms in total. The third kappa shape index (κ3) is 3.00. The van der Waals surface area contributed by atoms with E-state index >= 15 is 0 Å². The van der Waals surface area contributed by atoms with Gasteiger partial charge in [-0.15, -0.1) is 23.5 Å². The van der Waals surface area contributed by atoms with Crippen LogP contribution in [0.4, 0.5) is 0 Å². The van der Waals surface area contributed by atoms with Gasteiger partial charge in [0, 0.05) is 12.7 Å². The van der Waals surface area contributed by atoms with Crippen LogP contribution < -0.4 is 0 Å². The minimum absolute atomic E-state index is 0.154. The minimum atomic E-state index is -0.525. The maximum atomic E-state index is 11.8. The predicted octanol–water partition coefficient (Wildman–Crippen LogP) is 3.31. The molecule has 3 aliphatic rings. The first-order valence-corrected chi connectivity index (χ1v) is 9.21. The van der Waals surface area contributed by atoms with Gasteiger partial charge < -0.3 is 14.2 Å². The highest BCUT2D eigenvalue weighted by Gasteiger charge is 2.58. The lowest BCUT2D eigenvalue weighted by Gasteiger charge is -2.33. The molecular weight excluding hydrogens is 308 g/mol. The van der Waals surface area contributed by atoms with Crippen molar-refractivity contribution in [3.63, 3.8) is 0 Å². The molecule has 4 atom stereocenters. The van der Waals surface area contributed by atoms with Crippen molar-refractivity contribution in [3.8, 4) is 0 Å². The van der Waals surface area contributed by atoms with Crippen LogP contribution >= 0.6 is 23.5 Å². The van der Waals surface area contributed by atoms with Crippen molar-refractivity contribution in [1.29, 1.82) is 0 Å². The zero-order valence-electron chi connectivity index (χ0n) is 12.5. The van der Waals surface area contributed by atoms with Crippen LogP contribution in [0.25, 0.3) is 0 Å². The lowest BCUT2D eigenvalue weighted by atomic mass is 10.00. The number of hydrogen-bond acceptors (Lipinski definition) is 6. The molecule has 0 N–H and O–H groups in total. The van der Waals surface area contributed by atoms with E-state index in [0.29, 0.717) is 5.57 Å². The number of rotatable bonds is 3. The normalized spacial score (nSPS) is 37.4. The Bertz CT molecular complexity index is 433. The molecule has 1 spiro atoms. The van der Waals surface area contributed by atoms with Gasteiger partial charge in [0.25, 0.3) is 0 Å². The van der Waals surface area contributed by atoms with E-state index in [9.17, 15) is 4.79 Å². The van der Waals surface area contributed by atoms with E-state index in [1.54, 1.807) is 14.0 Å². The van der Waals surface area contributed by atoms with Gasteiger partial charge in [0.2, 0.25) is 6.29 Å². The first-order valence-electron chi connectivity index (χ1n) is 7.45. The number of ether oxygens (including phenoxy) is 3. The van der Waals surface area contributed by atoms with Gasteiger partial charge in [-0.3, -0.25) is 0 Å². The number of thioether (sulfide) groups is 2. The summed E-state index contributed by atoms with van der Waals surface area (Å²) in [5.41, 5.74) is 0.402. The molecule has 6 heteroatoms. The number of methoxy groups -OCH3 is 1. The van der Waals surface area contributed by atoms with Gasteiger partial charge in [-0.1, -0.05) is 25.8 Å². The van der Waals surface area contributed by atoms with Gasteiger partial charge >= 0.3 is 5.97 Å². The van der Waals surface area contributed by atoms with Crippen molar-refractivity contribution in [1.82, 2.24) is 0 Å². The molecule has 0 amide bonds. The van der Waals surface area contributed by atoms with Crippen LogP contribution in [0.5, 0.6) is 0 Å². The van der Waals surface area contributed by atoms with E-state index in [0.717, 1.165) is 0 Å². The number of carbonyl (C=O) groups excluding carboxylic acids is 1. The minimum Gasteiger partial charge on any atom is -0.431 e. The maximum absolute atomic E-state index is 11.8. The first-order chi connectivity index (χ1) is 10.0. The third-order valence-electron chi connectivity index (χ3n) is 4.25. The van der Waals surface area contributed by atoms with Crippen LogP contribution in [0.3, 0.4) is 0 Å². The molecule has 118 valence electrons. The molecule has 21 heavy (non-hydrogen) atoms. The molecule has 2 heterocycles. The zero-order chi connectivity index (χ0) is 15.0. The summed E-state index contributed by atoms with van der Waals surface area (Å²) in [5, 5.41) is 0.391. The predicted molar refractivity (Wildman–Crippen MR) is 85.2 cm³/mol. The van der Waals surface area contributed by atoms with Gasteiger partial charge in [0.15, 0.2) is 6.29 Å². The number of carbonyl (C=O) groups is 1. The zero-order valence-corrected chi connectivity index (χ0v) is 14.1. The summed E-state index contributed by atoms with van der Waals surface area (Å²) in [5.74, 6) is -0.384. The van der Waals surface area contributed by atoms with Crippen LogP contribution in [0.1, 0.15) is 39.0 Å². The van der Waals surface area contributed by atoms with Crippen LogP contribution in [-0.4, -0.2) is 40.2 Å². The molecule has 0 bridgehead atoms. The lowest BCUT2D eigenvalue weighted by Crippen LogP contribution is -2.29. The molecule has 0 aromatic rings. The first kappa shape index (κ1) is 15.7. The van der Waals surface area contributed by atoms with Gasteiger partial charge in [-0.25, -0.2) is 4.79 Å². The Hall–Kier alpha value is -0.170. The molecule has 0 aromatic carbocycles. The topological polar surface area (TPSA) is 44.8 Å². The van der Waals surface area contributed by atoms with E-state index < -0.39 is 6.29 Å². The summed E-state index contributed by atoms with van der Waals surface area (Å²) in [6, 6.07) is 0. The standard InChI is InChI=1S/C15H22O4S2/c1-9(2)12(16)18-14-11-10(13(17-3)19-14)20-15(21-11)7-5-4-6-8-15/h10-11,13-14H,1,4-8H2,2-3H3. The summed E-state index contributed by atoms with van der Waals surface area (Å²) in [7, 11) is 1.65. The van der Waals surface area contributed by atoms with Crippen LogP contribution in [-0.2, 0) is 19.0 Å². The fourth-order valence-electron chi connectivity index (χ4n) is 3.18. The molecule has 2 saturated heterocycles. The summed E-state index contributed by atoms with van der Waals surface area (Å²) < 4.78 is 17.0. The smallest absolute Gasteiger partial charge is 0.335 e. The second-order valence-electron chi connectivity index (χ2n) is 5.93. The van der Waals surface area contributed by atoms with Gasteiger partial charge in [-0.05, 0) is 19.8 Å². The summed E-state index contributed by atoms with van der Waals surface area (Å²) in [4.78, 5) is 11.8. The molecule has 2 aliphatic heterocycles. The Morgan fingerprint density at radius 1 is 1.19 bits per heavy atom. The highest BCUT2D eigenvalue weighted by molar-refractivity contribution is 8.22. The molecule has 3 rings (SSSR count). The molecule has 1 aliphatic carbocycles. The Kier molecular flexibility index (Phi) is 4.60. The van der Waals surface area contributed by atoms with E-state index in [4.69, 9.17) is 14.2 Å². The van der Waals surface area contributed by atoms with Gasteiger partial charge in [-0.2, -0.15) is 0 Å². The summed E-state index contributed by atoms with van der Waals surface area (Å²) in [6.45, 7) is 5.29. The number of esters is 1. The molecular formula is C15H22O4S2. The van der Waals surface area contributed by atoms with E-state index in [-0.39, 0.29) is 26.8 Å². The Morgan fingerprint density at radius 2 is 1.81 bits per heavy atom. The third-order valence-corrected chi connectivity index (χ3v) is 8.25. The summed E-state index contributed by atoms with van der Waals surface area (Å²) >= 11 is 3.91. The summed E-state index contributed by atoms with van der Waals surface area (Å²) in [6.07, 6.45) is 5.54. The number of fused-ring (bicyclic) bond motifs is 1. The average Bonchev–Trinajstić information content (AvgIpc) is 2.96. The Balaban J connectivity index is 1.73. The molecule has 4 unspecified atom stereocenters. The van der Waals surface area contributed by atoms with Crippen LogP contribution in [0, 0.1) is 0 Å². The second-order valence-corrected chi connectivity index (χ2v) is 9.31. The van der Waals surface area contributed by atoms with E-state index in [1.807, 2.05) is 23.5 Å². The van der Waals surface area contributed by atoms with Crippen molar-refractivity contribution in [3.05, 3.63) is 12.2 Å². The van der Waals surface area contributed by atoms with Crippen molar-refractivity contribution in [2.24, 2.45) is 0 Å². The fraction of sp³-hybridized carbons (Fsp3) is 0.800. The monoisotopic (exact) mass is 330 g/mol. The number of hydrogen-bond donors (Lipinski definition) is 0. The highest BCUT2D eigenvalue weighted by atomic mass is 32.2. The molecule has 0 aromatic heterocycles. The SMILES string of the molecule is C=C(C)C(=O)OC1OC(OC)C2SC3(CCCCC3)SC12. The maximum Gasteiger partial charge on any atom is 0.335 e. The Labute approximate surface area is 134 Å². The van der Waals surface area contributed by atoms with Crippen molar-refractivity contribution in [2.45, 2.75) is 66.2 Å². The quantitative estimate of drug-likeness (QED) is 0.584. The largest absolute Gasteiger partial charge is 0.431 e. The average molecular weight is 330 g/mol. The van der Waals surface area contributed by atoms with E-state index in [1.165, 1.54) is 32.1 Å². The van der Waals surface area contributed by atoms with Crippen LogP contribution in [0.15, 0.2) is 12.2 Å². The fourth-order valence-corrected chi connectivity index (χ4v) is 7.49. The Morgan fingerprint density at radius 3 is 2.38 bits per heavy atom. The highest BCUT2D eigenvalue weighted by Crippen LogP contribution is 2.63. The van der Waals surface area contributed by atoms with Crippen molar-refractivity contribution >= 4 is 29.5 Å². The molecule has 3 fully saturated rings. The van der Waals surface area contributed by atoms with Crippen molar-refractivity contribution < 1.29 is 19.0 Å². The van der Waals surface area contributed by atoms with Gasteiger partial charge in [0.1, 0.15) is 0 Å².